The highest BCUT2D eigenvalue weighted by Crippen LogP contribution is 2.32. The lowest BCUT2D eigenvalue weighted by atomic mass is 10.0. The van der Waals surface area contributed by atoms with Gasteiger partial charge in [0.2, 0.25) is 10.0 Å². The topological polar surface area (TPSA) is 49.4 Å². The number of nitrogens with zero attached hydrogens (tertiary/aromatic N) is 1. The third kappa shape index (κ3) is 3.26. The molecule has 1 aromatic carbocycles. The average Bonchev–Trinajstić information content (AvgIpc) is 2.74. The fourth-order valence-electron chi connectivity index (χ4n) is 2.76. The molecule has 0 amide bonds. The van der Waals surface area contributed by atoms with E-state index in [9.17, 15) is 8.42 Å². The number of hydrogen-bond acceptors (Lipinski definition) is 3. The van der Waals surface area contributed by atoms with Crippen molar-refractivity contribution in [1.82, 2.24) is 9.62 Å². The maximum absolute atomic E-state index is 12.9. The van der Waals surface area contributed by atoms with Gasteiger partial charge in [0.05, 0.1) is 4.90 Å². The van der Waals surface area contributed by atoms with Crippen LogP contribution in [-0.2, 0) is 16.6 Å². The zero-order valence-electron chi connectivity index (χ0n) is 13.0. The van der Waals surface area contributed by atoms with E-state index in [4.69, 9.17) is 11.6 Å². The number of halogens is 1. The monoisotopic (exact) mass is 330 g/mol. The van der Waals surface area contributed by atoms with Gasteiger partial charge in [-0.15, -0.1) is 0 Å². The Labute approximate surface area is 132 Å². The number of nitrogens with one attached hydrogen (secondary N) is 1. The second-order valence-electron chi connectivity index (χ2n) is 5.99. The Hall–Kier alpha value is -0.620. The Balaban J connectivity index is 2.45. The third-order valence-electron chi connectivity index (χ3n) is 4.37. The van der Waals surface area contributed by atoms with E-state index in [0.29, 0.717) is 41.4 Å². The largest absolute Gasteiger partial charge is 0.316 e. The number of hydrogen-bond donors (Lipinski definition) is 1. The lowest BCUT2D eigenvalue weighted by Crippen LogP contribution is -2.30. The first-order chi connectivity index (χ1) is 9.77. The molecule has 0 aromatic heterocycles. The number of sulfonamides is 1. The molecule has 0 radical (unpaired) electrons. The molecule has 6 heteroatoms. The summed E-state index contributed by atoms with van der Waals surface area (Å²) in [6.07, 6.45) is 0. The molecule has 4 nitrogen and oxygen atoms in total. The fraction of sp³-hybridized carbons (Fsp3) is 0.600. The Bertz CT molecular complexity index is 621. The molecule has 2 rings (SSSR count). The van der Waals surface area contributed by atoms with E-state index in [0.717, 1.165) is 11.1 Å². The molecule has 1 heterocycles. The first-order valence-electron chi connectivity index (χ1n) is 7.21. The summed E-state index contributed by atoms with van der Waals surface area (Å²) in [7, 11) is -1.65. The molecular formula is C15H23ClN2O2S. The van der Waals surface area contributed by atoms with Crippen LogP contribution in [0, 0.1) is 18.8 Å². The van der Waals surface area contributed by atoms with Crippen molar-refractivity contribution in [1.29, 1.82) is 0 Å². The van der Waals surface area contributed by atoms with Gasteiger partial charge in [-0.3, -0.25) is 0 Å². The minimum Gasteiger partial charge on any atom is -0.316 e. The van der Waals surface area contributed by atoms with Gasteiger partial charge in [-0.2, -0.15) is 4.31 Å². The highest BCUT2D eigenvalue weighted by Gasteiger charge is 2.36. The van der Waals surface area contributed by atoms with Crippen molar-refractivity contribution in [3.8, 4) is 0 Å². The minimum absolute atomic E-state index is 0.335. The van der Waals surface area contributed by atoms with Gasteiger partial charge in [0.1, 0.15) is 0 Å². The molecule has 1 aliphatic heterocycles. The summed E-state index contributed by atoms with van der Waals surface area (Å²) < 4.78 is 27.4. The standard InChI is InChI=1S/C15H23ClN2O2S/c1-10-8-18(9-11(10)2)21(19,20)15-6-14(16)5-13(7-17-4)12(15)3/h5-6,10-11,17H,7-9H2,1-4H3. The van der Waals surface area contributed by atoms with Gasteiger partial charge in [0.15, 0.2) is 0 Å². The summed E-state index contributed by atoms with van der Waals surface area (Å²) in [5, 5.41) is 3.51. The van der Waals surface area contributed by atoms with Gasteiger partial charge in [0, 0.05) is 24.7 Å². The highest BCUT2D eigenvalue weighted by atomic mass is 35.5. The average molecular weight is 331 g/mol. The Morgan fingerprint density at radius 3 is 2.38 bits per heavy atom. The van der Waals surface area contributed by atoms with Crippen molar-refractivity contribution in [3.63, 3.8) is 0 Å². The van der Waals surface area contributed by atoms with Crippen LogP contribution >= 0.6 is 11.6 Å². The van der Waals surface area contributed by atoms with Crippen molar-refractivity contribution in [2.75, 3.05) is 20.1 Å². The molecule has 2 atom stereocenters. The predicted octanol–water partition coefficient (Wildman–Crippen LogP) is 2.64. The Kier molecular flexibility index (Phi) is 4.98. The maximum atomic E-state index is 12.9. The van der Waals surface area contributed by atoms with Crippen molar-refractivity contribution in [3.05, 3.63) is 28.3 Å². The summed E-state index contributed by atoms with van der Waals surface area (Å²) >= 11 is 6.12. The summed E-state index contributed by atoms with van der Waals surface area (Å²) in [4.78, 5) is 0.335. The molecule has 0 saturated carbocycles. The Morgan fingerprint density at radius 1 is 1.29 bits per heavy atom. The quantitative estimate of drug-likeness (QED) is 0.923. The summed E-state index contributed by atoms with van der Waals surface area (Å²) in [6.45, 7) is 7.79. The molecule has 2 unspecified atom stereocenters. The van der Waals surface area contributed by atoms with E-state index < -0.39 is 10.0 Å². The van der Waals surface area contributed by atoms with Gasteiger partial charge < -0.3 is 5.32 Å². The minimum atomic E-state index is -3.48. The van der Waals surface area contributed by atoms with Crippen LogP contribution in [0.3, 0.4) is 0 Å². The highest BCUT2D eigenvalue weighted by molar-refractivity contribution is 7.89. The van der Waals surface area contributed by atoms with Gasteiger partial charge in [-0.25, -0.2) is 8.42 Å². The lowest BCUT2D eigenvalue weighted by molar-refractivity contribution is 0.462. The lowest BCUT2D eigenvalue weighted by Gasteiger charge is -2.19. The van der Waals surface area contributed by atoms with Crippen LogP contribution in [0.5, 0.6) is 0 Å². The van der Waals surface area contributed by atoms with E-state index in [1.54, 1.807) is 10.4 Å². The van der Waals surface area contributed by atoms with E-state index in [-0.39, 0.29) is 0 Å². The third-order valence-corrected chi connectivity index (χ3v) is 6.55. The second kappa shape index (κ2) is 6.24. The predicted molar refractivity (Wildman–Crippen MR) is 86.0 cm³/mol. The summed E-state index contributed by atoms with van der Waals surface area (Å²) in [5.41, 5.74) is 1.70. The first kappa shape index (κ1) is 16.7. The zero-order valence-corrected chi connectivity index (χ0v) is 14.6. The summed E-state index contributed by atoms with van der Waals surface area (Å²) in [6, 6.07) is 3.39. The fourth-order valence-corrected chi connectivity index (χ4v) is 5.00. The van der Waals surface area contributed by atoms with Crippen molar-refractivity contribution in [2.24, 2.45) is 11.8 Å². The van der Waals surface area contributed by atoms with E-state index in [2.05, 4.69) is 19.2 Å². The van der Waals surface area contributed by atoms with Crippen LogP contribution in [-0.4, -0.2) is 32.9 Å². The van der Waals surface area contributed by atoms with Crippen LogP contribution in [0.1, 0.15) is 25.0 Å². The normalized spacial score (nSPS) is 23.7. The molecule has 1 saturated heterocycles. The number of rotatable bonds is 4. The van der Waals surface area contributed by atoms with Crippen molar-refractivity contribution in [2.45, 2.75) is 32.2 Å². The SMILES string of the molecule is CNCc1cc(Cl)cc(S(=O)(=O)N2CC(C)C(C)C2)c1C. The van der Waals surface area contributed by atoms with Crippen LogP contribution in [0.4, 0.5) is 0 Å². The zero-order chi connectivity index (χ0) is 15.8. The molecule has 1 aromatic rings. The van der Waals surface area contributed by atoms with Gasteiger partial charge in [-0.1, -0.05) is 25.4 Å². The van der Waals surface area contributed by atoms with Gasteiger partial charge in [0.25, 0.3) is 0 Å². The number of benzene rings is 1. The molecule has 1 N–H and O–H groups in total. The van der Waals surface area contributed by atoms with Crippen LogP contribution < -0.4 is 5.32 Å². The van der Waals surface area contributed by atoms with Crippen molar-refractivity contribution >= 4 is 21.6 Å². The van der Waals surface area contributed by atoms with Crippen LogP contribution in [0.25, 0.3) is 0 Å². The molecule has 21 heavy (non-hydrogen) atoms. The van der Waals surface area contributed by atoms with Crippen molar-refractivity contribution < 1.29 is 8.42 Å². The molecule has 0 aliphatic carbocycles. The molecule has 1 aliphatic rings. The van der Waals surface area contributed by atoms with Crippen LogP contribution in [0.2, 0.25) is 5.02 Å². The Morgan fingerprint density at radius 2 is 1.86 bits per heavy atom. The molecule has 1 fully saturated rings. The second-order valence-corrected chi connectivity index (χ2v) is 8.34. The van der Waals surface area contributed by atoms with Crippen LogP contribution in [0.15, 0.2) is 17.0 Å². The maximum Gasteiger partial charge on any atom is 0.243 e. The molecule has 118 valence electrons. The first-order valence-corrected chi connectivity index (χ1v) is 9.03. The smallest absolute Gasteiger partial charge is 0.243 e. The summed E-state index contributed by atoms with van der Waals surface area (Å²) in [5.74, 6) is 0.770. The van der Waals surface area contributed by atoms with Gasteiger partial charge >= 0.3 is 0 Å². The molecule has 0 spiro atoms. The van der Waals surface area contributed by atoms with E-state index in [1.165, 1.54) is 0 Å². The molecule has 0 bridgehead atoms. The van der Waals surface area contributed by atoms with E-state index >= 15 is 0 Å². The van der Waals surface area contributed by atoms with E-state index in [1.807, 2.05) is 20.0 Å². The van der Waals surface area contributed by atoms with Gasteiger partial charge in [-0.05, 0) is 49.1 Å². The molecular weight excluding hydrogens is 308 g/mol.